The first-order chi connectivity index (χ1) is 8.83. The molecule has 0 radical (unpaired) electrons. The molecular weight excluding hydrogens is 260 g/mol. The van der Waals surface area contributed by atoms with Gasteiger partial charge < -0.3 is 13.6 Å². The Morgan fingerprint density at radius 1 is 1.47 bits per heavy atom. The van der Waals surface area contributed by atoms with E-state index in [1.165, 1.54) is 6.26 Å². The summed E-state index contributed by atoms with van der Waals surface area (Å²) < 4.78 is 16.0. The molecule has 5 heteroatoms. The lowest BCUT2D eigenvalue weighted by atomic mass is 10.2. The number of ether oxygens (including phenoxy) is 1. The van der Waals surface area contributed by atoms with Crippen LogP contribution >= 0.6 is 0 Å². The predicted octanol–water partition coefficient (Wildman–Crippen LogP) is 3.59. The van der Waals surface area contributed by atoms with E-state index >= 15 is 0 Å². The van der Waals surface area contributed by atoms with Crippen molar-refractivity contribution in [2.24, 2.45) is 0 Å². The van der Waals surface area contributed by atoms with Crippen molar-refractivity contribution in [3.05, 3.63) is 42.1 Å². The summed E-state index contributed by atoms with van der Waals surface area (Å²) in [6.07, 6.45) is 3.12. The van der Waals surface area contributed by atoms with Gasteiger partial charge in [-0.3, -0.25) is 0 Å². The molecule has 1 heterocycles. The molecule has 0 N–H and O–H groups in total. The Balaban J connectivity index is 2.99. The molecule has 1 aromatic rings. The van der Waals surface area contributed by atoms with Crippen LogP contribution in [0.15, 0.2) is 40.7 Å². The maximum atomic E-state index is 11.9. The zero-order valence-electron chi connectivity index (χ0n) is 11.9. The first-order valence-corrected chi connectivity index (χ1v) is 9.55. The molecule has 1 rings (SSSR count). The van der Waals surface area contributed by atoms with Gasteiger partial charge in [-0.25, -0.2) is 4.79 Å². The summed E-state index contributed by atoms with van der Waals surface area (Å²) >= 11 is 0. The Labute approximate surface area is 114 Å². The number of rotatable bonds is 6. The SMILES string of the molecule is C=C(O[Si](C)(C)C)C(=Cc1ccco1)C(=O)OCC. The summed E-state index contributed by atoms with van der Waals surface area (Å²) in [5.74, 6) is 0.430. The van der Waals surface area contributed by atoms with Crippen LogP contribution in [0.3, 0.4) is 0 Å². The van der Waals surface area contributed by atoms with Crippen molar-refractivity contribution >= 4 is 20.4 Å². The molecule has 1 aromatic heterocycles. The van der Waals surface area contributed by atoms with E-state index < -0.39 is 14.3 Å². The largest absolute Gasteiger partial charge is 0.544 e. The van der Waals surface area contributed by atoms with Gasteiger partial charge in [0.05, 0.1) is 12.9 Å². The maximum absolute atomic E-state index is 11.9. The smallest absolute Gasteiger partial charge is 0.341 e. The van der Waals surface area contributed by atoms with Crippen LogP contribution in [0, 0.1) is 0 Å². The fourth-order valence-electron chi connectivity index (χ4n) is 1.40. The molecule has 19 heavy (non-hydrogen) atoms. The van der Waals surface area contributed by atoms with Gasteiger partial charge in [0.15, 0.2) is 0 Å². The molecule has 0 fully saturated rings. The summed E-state index contributed by atoms with van der Waals surface area (Å²) in [7, 11) is -1.83. The molecule has 0 saturated heterocycles. The van der Waals surface area contributed by atoms with Crippen LogP contribution in [0.5, 0.6) is 0 Å². The second-order valence-electron chi connectivity index (χ2n) is 4.93. The Kier molecular flexibility index (Phi) is 5.17. The Bertz CT molecular complexity index is 466. The van der Waals surface area contributed by atoms with Gasteiger partial charge in [-0.05, 0) is 44.8 Å². The van der Waals surface area contributed by atoms with Crippen molar-refractivity contribution in [2.45, 2.75) is 26.6 Å². The molecule has 0 spiro atoms. The van der Waals surface area contributed by atoms with Crippen molar-refractivity contribution in [3.63, 3.8) is 0 Å². The molecule has 0 amide bonds. The normalized spacial score (nSPS) is 12.1. The number of furan rings is 1. The van der Waals surface area contributed by atoms with Crippen LogP contribution in [0.1, 0.15) is 12.7 Å². The minimum Gasteiger partial charge on any atom is -0.544 e. The number of esters is 1. The van der Waals surface area contributed by atoms with Crippen LogP contribution in [0.2, 0.25) is 19.6 Å². The van der Waals surface area contributed by atoms with Crippen molar-refractivity contribution in [2.75, 3.05) is 6.61 Å². The van der Waals surface area contributed by atoms with E-state index in [9.17, 15) is 4.79 Å². The molecule has 0 bridgehead atoms. The van der Waals surface area contributed by atoms with Gasteiger partial charge in [0, 0.05) is 0 Å². The Morgan fingerprint density at radius 2 is 2.16 bits per heavy atom. The molecule has 4 nitrogen and oxygen atoms in total. The molecule has 0 aliphatic heterocycles. The lowest BCUT2D eigenvalue weighted by Crippen LogP contribution is -2.26. The lowest BCUT2D eigenvalue weighted by Gasteiger charge is -2.21. The third-order valence-corrected chi connectivity index (χ3v) is 2.91. The van der Waals surface area contributed by atoms with Crippen LogP contribution in [-0.4, -0.2) is 20.9 Å². The van der Waals surface area contributed by atoms with E-state index in [1.54, 1.807) is 25.1 Å². The molecule has 0 atom stereocenters. The van der Waals surface area contributed by atoms with E-state index in [2.05, 4.69) is 6.58 Å². The van der Waals surface area contributed by atoms with Gasteiger partial charge in [-0.15, -0.1) is 0 Å². The molecule has 0 unspecified atom stereocenters. The van der Waals surface area contributed by atoms with E-state index in [-0.39, 0.29) is 0 Å². The van der Waals surface area contributed by atoms with Gasteiger partial charge in [0.25, 0.3) is 0 Å². The zero-order valence-corrected chi connectivity index (χ0v) is 12.9. The van der Waals surface area contributed by atoms with E-state index in [4.69, 9.17) is 13.6 Å². The summed E-state index contributed by atoms with van der Waals surface area (Å²) in [4.78, 5) is 11.9. The second kappa shape index (κ2) is 6.42. The number of carbonyl (C=O) groups excluding carboxylic acids is 1. The highest BCUT2D eigenvalue weighted by Crippen LogP contribution is 2.20. The highest BCUT2D eigenvalue weighted by Gasteiger charge is 2.23. The average Bonchev–Trinajstić information content (AvgIpc) is 2.76. The molecule has 0 aromatic carbocycles. The second-order valence-corrected chi connectivity index (χ2v) is 9.36. The third-order valence-electron chi connectivity index (χ3n) is 2.05. The zero-order chi connectivity index (χ0) is 14.5. The Morgan fingerprint density at radius 3 is 2.63 bits per heavy atom. The van der Waals surface area contributed by atoms with Gasteiger partial charge in [-0.2, -0.15) is 0 Å². The molecule has 104 valence electrons. The molecule has 0 saturated carbocycles. The van der Waals surface area contributed by atoms with Crippen LogP contribution < -0.4 is 0 Å². The first kappa shape index (κ1) is 15.3. The van der Waals surface area contributed by atoms with Gasteiger partial charge in [0.1, 0.15) is 17.1 Å². The van der Waals surface area contributed by atoms with E-state index in [1.807, 2.05) is 19.6 Å². The van der Waals surface area contributed by atoms with Gasteiger partial charge in [-0.1, -0.05) is 6.58 Å². The Hall–Kier alpha value is -1.75. The van der Waals surface area contributed by atoms with Crippen LogP contribution in [-0.2, 0) is 14.0 Å². The highest BCUT2D eigenvalue weighted by molar-refractivity contribution is 6.70. The summed E-state index contributed by atoms with van der Waals surface area (Å²) in [6, 6.07) is 3.50. The fraction of sp³-hybridized carbons (Fsp3) is 0.357. The highest BCUT2D eigenvalue weighted by atomic mass is 28.4. The molecular formula is C14H20O4Si. The van der Waals surface area contributed by atoms with Crippen LogP contribution in [0.4, 0.5) is 0 Å². The molecule has 0 aliphatic carbocycles. The average molecular weight is 280 g/mol. The van der Waals surface area contributed by atoms with Crippen molar-refractivity contribution < 1.29 is 18.4 Å². The quantitative estimate of drug-likeness (QED) is 0.263. The minimum atomic E-state index is -1.83. The first-order valence-electron chi connectivity index (χ1n) is 6.14. The predicted molar refractivity (Wildman–Crippen MR) is 76.9 cm³/mol. The summed E-state index contributed by atoms with van der Waals surface area (Å²) in [6.45, 7) is 11.9. The van der Waals surface area contributed by atoms with Gasteiger partial charge >= 0.3 is 5.97 Å². The fourth-order valence-corrected chi connectivity index (χ4v) is 2.25. The summed E-state index contributed by atoms with van der Waals surface area (Å²) in [5, 5.41) is 0. The van der Waals surface area contributed by atoms with Crippen LogP contribution in [0.25, 0.3) is 6.08 Å². The standard InChI is InChI=1S/C14H20O4Si/c1-6-16-14(15)13(10-12-8-7-9-17-12)11(2)18-19(3,4)5/h7-10H,2,6H2,1,3-5H3. The van der Waals surface area contributed by atoms with E-state index in [0.717, 1.165) is 0 Å². The van der Waals surface area contributed by atoms with Crippen molar-refractivity contribution in [1.82, 2.24) is 0 Å². The topological polar surface area (TPSA) is 48.7 Å². The maximum Gasteiger partial charge on any atom is 0.341 e. The van der Waals surface area contributed by atoms with E-state index in [0.29, 0.717) is 23.7 Å². The molecule has 0 aliphatic rings. The van der Waals surface area contributed by atoms with Gasteiger partial charge in [0.2, 0.25) is 8.32 Å². The summed E-state index contributed by atoms with van der Waals surface area (Å²) in [5.41, 5.74) is 0.291. The number of carbonyl (C=O) groups is 1. The number of hydrogen-bond donors (Lipinski definition) is 0. The monoisotopic (exact) mass is 280 g/mol. The third kappa shape index (κ3) is 5.17. The van der Waals surface area contributed by atoms with Crippen molar-refractivity contribution in [1.29, 1.82) is 0 Å². The minimum absolute atomic E-state index is 0.291. The number of hydrogen-bond acceptors (Lipinski definition) is 4. The van der Waals surface area contributed by atoms with Crippen molar-refractivity contribution in [3.8, 4) is 0 Å². The lowest BCUT2D eigenvalue weighted by molar-refractivity contribution is -0.138.